The van der Waals surface area contributed by atoms with Crippen molar-refractivity contribution in [2.75, 3.05) is 20.6 Å². The number of esters is 2. The predicted molar refractivity (Wildman–Crippen MR) is 114 cm³/mol. The maximum atomic E-state index is 12.7. The average molecular weight is 419 g/mol. The van der Waals surface area contributed by atoms with Crippen molar-refractivity contribution in [2.24, 2.45) is 0 Å². The average Bonchev–Trinajstić information content (AvgIpc) is 2.74. The Kier molecular flexibility index (Phi) is 6.79. The van der Waals surface area contributed by atoms with E-state index in [0.717, 1.165) is 6.07 Å². The van der Waals surface area contributed by atoms with Gasteiger partial charge in [0.1, 0.15) is 22.8 Å². The summed E-state index contributed by atoms with van der Waals surface area (Å²) in [5.41, 5.74) is 0.398. The second-order valence-corrected chi connectivity index (χ2v) is 6.99. The summed E-state index contributed by atoms with van der Waals surface area (Å²) in [6, 6.07) is 18.9. The number of Topliss-reactive ketones (excluding diaryl/α,β-unsaturated/α-hetero) is 1. The largest absolute Gasteiger partial charge is 0.507 e. The van der Waals surface area contributed by atoms with Gasteiger partial charge in [-0.3, -0.25) is 4.79 Å². The third-order valence-electron chi connectivity index (χ3n) is 4.23. The van der Waals surface area contributed by atoms with Crippen molar-refractivity contribution in [1.29, 1.82) is 0 Å². The normalized spacial score (nSPS) is 10.5. The third-order valence-corrected chi connectivity index (χ3v) is 4.23. The highest BCUT2D eigenvalue weighted by molar-refractivity contribution is 6.04. The van der Waals surface area contributed by atoms with Crippen LogP contribution in [0.5, 0.6) is 17.2 Å². The Bertz CT molecular complexity index is 1090. The van der Waals surface area contributed by atoms with Crippen molar-refractivity contribution < 1.29 is 29.0 Å². The molecule has 0 saturated heterocycles. The number of carbonyl (C=O) groups is 3. The molecule has 3 rings (SSSR count). The van der Waals surface area contributed by atoms with E-state index >= 15 is 0 Å². The molecule has 0 amide bonds. The molecule has 0 spiro atoms. The van der Waals surface area contributed by atoms with Crippen LogP contribution in [0.4, 0.5) is 0 Å². The van der Waals surface area contributed by atoms with Gasteiger partial charge in [0.2, 0.25) is 0 Å². The van der Waals surface area contributed by atoms with Gasteiger partial charge in [-0.05, 0) is 38.4 Å². The molecule has 0 radical (unpaired) electrons. The zero-order valence-electron chi connectivity index (χ0n) is 17.1. The monoisotopic (exact) mass is 419 g/mol. The Hall–Kier alpha value is -3.97. The van der Waals surface area contributed by atoms with Gasteiger partial charge >= 0.3 is 11.9 Å². The first-order valence-electron chi connectivity index (χ1n) is 9.44. The molecule has 158 valence electrons. The van der Waals surface area contributed by atoms with Gasteiger partial charge < -0.3 is 19.5 Å². The highest BCUT2D eigenvalue weighted by Gasteiger charge is 2.23. The minimum Gasteiger partial charge on any atom is -0.507 e. The maximum Gasteiger partial charge on any atom is 0.343 e. The zero-order valence-corrected chi connectivity index (χ0v) is 17.1. The lowest BCUT2D eigenvalue weighted by Crippen LogP contribution is -2.23. The van der Waals surface area contributed by atoms with E-state index in [1.807, 2.05) is 0 Å². The Morgan fingerprint density at radius 2 is 1.32 bits per heavy atom. The van der Waals surface area contributed by atoms with E-state index in [2.05, 4.69) is 0 Å². The molecular weight excluding hydrogens is 398 g/mol. The predicted octanol–water partition coefficient (Wildman–Crippen LogP) is 3.57. The number of carbonyl (C=O) groups excluding carboxylic acids is 3. The summed E-state index contributed by atoms with van der Waals surface area (Å²) >= 11 is 0. The molecular formula is C24H21NO6. The van der Waals surface area contributed by atoms with E-state index < -0.39 is 23.5 Å². The summed E-state index contributed by atoms with van der Waals surface area (Å²) in [5.74, 6) is -2.56. The smallest absolute Gasteiger partial charge is 0.343 e. The number of hydrogen-bond donors (Lipinski definition) is 1. The van der Waals surface area contributed by atoms with Crippen LogP contribution in [0, 0.1) is 0 Å². The first-order chi connectivity index (χ1) is 14.8. The summed E-state index contributed by atoms with van der Waals surface area (Å²) in [5, 5.41) is 10.5. The van der Waals surface area contributed by atoms with Crippen LogP contribution < -0.4 is 9.47 Å². The fourth-order valence-corrected chi connectivity index (χ4v) is 2.84. The first kappa shape index (κ1) is 21.7. The van der Waals surface area contributed by atoms with Gasteiger partial charge in [0.25, 0.3) is 0 Å². The van der Waals surface area contributed by atoms with Crippen LogP contribution >= 0.6 is 0 Å². The minimum absolute atomic E-state index is 0.0212. The molecule has 7 heteroatoms. The van der Waals surface area contributed by atoms with Crippen LogP contribution in [0.15, 0.2) is 72.8 Å². The molecule has 3 aromatic rings. The van der Waals surface area contributed by atoms with Crippen LogP contribution in [0.1, 0.15) is 31.1 Å². The number of benzene rings is 3. The molecule has 3 aromatic carbocycles. The van der Waals surface area contributed by atoms with Crippen molar-refractivity contribution in [3.8, 4) is 17.2 Å². The van der Waals surface area contributed by atoms with E-state index in [0.29, 0.717) is 5.56 Å². The summed E-state index contributed by atoms with van der Waals surface area (Å²) in [6.45, 7) is -0.0212. The van der Waals surface area contributed by atoms with Crippen molar-refractivity contribution in [3.05, 3.63) is 89.5 Å². The van der Waals surface area contributed by atoms with E-state index in [9.17, 15) is 19.5 Å². The molecule has 0 unspecified atom stereocenters. The Labute approximate surface area is 179 Å². The number of ketones is 1. The summed E-state index contributed by atoms with van der Waals surface area (Å²) in [4.78, 5) is 39.2. The Morgan fingerprint density at radius 1 is 0.806 bits per heavy atom. The number of phenolic OH excluding ortho intramolecular Hbond substituents is 1. The molecule has 0 aromatic heterocycles. The van der Waals surface area contributed by atoms with Crippen LogP contribution in [-0.2, 0) is 0 Å². The van der Waals surface area contributed by atoms with E-state index in [4.69, 9.17) is 9.47 Å². The lowest BCUT2D eigenvalue weighted by Gasteiger charge is -2.15. The molecule has 31 heavy (non-hydrogen) atoms. The molecule has 0 aliphatic heterocycles. The van der Waals surface area contributed by atoms with Crippen molar-refractivity contribution in [1.82, 2.24) is 4.90 Å². The summed E-state index contributed by atoms with van der Waals surface area (Å²) in [6.07, 6.45) is 0. The van der Waals surface area contributed by atoms with Crippen molar-refractivity contribution in [3.63, 3.8) is 0 Å². The lowest BCUT2D eigenvalue weighted by molar-refractivity contribution is 0.0731. The highest BCUT2D eigenvalue weighted by atomic mass is 16.5. The molecule has 7 nitrogen and oxygen atoms in total. The van der Waals surface area contributed by atoms with Gasteiger partial charge in [0.05, 0.1) is 17.7 Å². The third kappa shape index (κ3) is 5.55. The van der Waals surface area contributed by atoms with E-state index in [1.54, 1.807) is 79.7 Å². The van der Waals surface area contributed by atoms with Gasteiger partial charge in [-0.25, -0.2) is 9.59 Å². The fourth-order valence-electron chi connectivity index (χ4n) is 2.84. The van der Waals surface area contributed by atoms with Crippen molar-refractivity contribution in [2.45, 2.75) is 0 Å². The molecule has 0 heterocycles. The molecule has 0 bridgehead atoms. The standard InChI is InChI=1S/C24H21NO6/c1-25(2)15-20(27)22-19(26)13-18(30-23(28)16-9-5-3-6-10-16)14-21(22)31-24(29)17-11-7-4-8-12-17/h3-14,26H,15H2,1-2H3. The lowest BCUT2D eigenvalue weighted by atomic mass is 10.1. The molecule has 0 saturated carbocycles. The van der Waals surface area contributed by atoms with Crippen molar-refractivity contribution >= 4 is 17.7 Å². The number of hydrogen-bond acceptors (Lipinski definition) is 7. The number of nitrogens with zero attached hydrogens (tertiary/aromatic N) is 1. The zero-order chi connectivity index (χ0) is 22.4. The number of likely N-dealkylation sites (N-methyl/N-ethyl adjacent to an activating group) is 1. The highest BCUT2D eigenvalue weighted by Crippen LogP contribution is 2.35. The molecule has 0 aliphatic carbocycles. The maximum absolute atomic E-state index is 12.7. The van der Waals surface area contributed by atoms with Gasteiger partial charge in [-0.15, -0.1) is 0 Å². The van der Waals surface area contributed by atoms with E-state index in [1.165, 1.54) is 6.07 Å². The van der Waals surface area contributed by atoms with Crippen LogP contribution in [-0.4, -0.2) is 48.4 Å². The topological polar surface area (TPSA) is 93.1 Å². The number of phenols is 1. The van der Waals surface area contributed by atoms with Gasteiger partial charge in [0, 0.05) is 12.1 Å². The molecule has 0 fully saturated rings. The van der Waals surface area contributed by atoms with Gasteiger partial charge in [0.15, 0.2) is 5.78 Å². The minimum atomic E-state index is -0.717. The van der Waals surface area contributed by atoms with Crippen LogP contribution in [0.25, 0.3) is 0 Å². The molecule has 0 aliphatic rings. The summed E-state index contributed by atoms with van der Waals surface area (Å²) in [7, 11) is 3.39. The molecule has 0 atom stereocenters. The number of rotatable bonds is 7. The number of ether oxygens (including phenoxy) is 2. The van der Waals surface area contributed by atoms with Gasteiger partial charge in [-0.2, -0.15) is 0 Å². The SMILES string of the molecule is CN(C)CC(=O)c1c(O)cc(OC(=O)c2ccccc2)cc1OC(=O)c1ccccc1. The second-order valence-electron chi connectivity index (χ2n) is 6.99. The summed E-state index contributed by atoms with van der Waals surface area (Å²) < 4.78 is 10.7. The van der Waals surface area contributed by atoms with E-state index in [-0.39, 0.29) is 29.2 Å². The Balaban J connectivity index is 1.96. The Morgan fingerprint density at radius 3 is 1.84 bits per heavy atom. The van der Waals surface area contributed by atoms with Gasteiger partial charge in [-0.1, -0.05) is 36.4 Å². The fraction of sp³-hybridized carbons (Fsp3) is 0.125. The quantitative estimate of drug-likeness (QED) is 0.355. The number of aromatic hydroxyl groups is 1. The molecule has 1 N–H and O–H groups in total. The second kappa shape index (κ2) is 9.69. The van der Waals surface area contributed by atoms with Crippen LogP contribution in [0.2, 0.25) is 0 Å². The van der Waals surface area contributed by atoms with Crippen LogP contribution in [0.3, 0.4) is 0 Å². The first-order valence-corrected chi connectivity index (χ1v) is 9.44.